The van der Waals surface area contributed by atoms with E-state index in [9.17, 15) is 19.8 Å². The molecule has 1 fully saturated rings. The lowest BCUT2D eigenvalue weighted by atomic mass is 9.77. The highest BCUT2D eigenvalue weighted by molar-refractivity contribution is 5.89. The van der Waals surface area contributed by atoms with Crippen molar-refractivity contribution in [3.05, 3.63) is 24.3 Å². The molecule has 0 spiro atoms. The Balaban J connectivity index is 2.57. The maximum absolute atomic E-state index is 12.2. The van der Waals surface area contributed by atoms with Gasteiger partial charge in [0.1, 0.15) is 0 Å². The molecule has 0 heterocycles. The van der Waals surface area contributed by atoms with Gasteiger partial charge in [0.25, 0.3) is 0 Å². The molecule has 0 aromatic heterocycles. The largest absolute Gasteiger partial charge is 0.462 e. The van der Waals surface area contributed by atoms with Crippen molar-refractivity contribution in [1.82, 2.24) is 0 Å². The summed E-state index contributed by atoms with van der Waals surface area (Å²) in [7, 11) is 0. The number of aliphatic hydroxyl groups excluding tert-OH is 1. The normalized spacial score (nSPS) is 20.5. The van der Waals surface area contributed by atoms with E-state index in [1.807, 2.05) is 0 Å². The number of ether oxygens (including phenoxy) is 2. The molecule has 0 radical (unpaired) electrons. The molecule has 6 nitrogen and oxygen atoms in total. The Kier molecular flexibility index (Phi) is 13.0. The Labute approximate surface area is 200 Å². The van der Waals surface area contributed by atoms with Crippen LogP contribution in [-0.2, 0) is 19.1 Å². The van der Waals surface area contributed by atoms with Crippen LogP contribution < -0.4 is 0 Å². The zero-order chi connectivity index (χ0) is 25.0. The van der Waals surface area contributed by atoms with Gasteiger partial charge in [-0.25, -0.2) is 9.59 Å². The number of aliphatic hydroxyl groups is 2. The number of unbranched alkanes of at least 4 members (excludes halogenated alkanes) is 2. The minimum absolute atomic E-state index is 0.00236. The lowest BCUT2D eigenvalue weighted by molar-refractivity contribution is -0.146. The molecule has 6 heteroatoms. The third kappa shape index (κ3) is 11.3. The van der Waals surface area contributed by atoms with E-state index in [0.717, 1.165) is 18.8 Å². The minimum atomic E-state index is -1.36. The van der Waals surface area contributed by atoms with Crippen LogP contribution in [0.4, 0.5) is 0 Å². The van der Waals surface area contributed by atoms with Gasteiger partial charge in [-0.1, -0.05) is 71.4 Å². The Bertz CT molecular complexity index is 637. The van der Waals surface area contributed by atoms with E-state index in [1.165, 1.54) is 72.1 Å². The summed E-state index contributed by atoms with van der Waals surface area (Å²) >= 11 is 0. The van der Waals surface area contributed by atoms with E-state index in [2.05, 4.69) is 20.1 Å². The van der Waals surface area contributed by atoms with Gasteiger partial charge in [-0.2, -0.15) is 0 Å². The van der Waals surface area contributed by atoms with Gasteiger partial charge in [-0.05, 0) is 45.4 Å². The third-order valence-electron chi connectivity index (χ3n) is 6.82. The molecular weight excluding hydrogens is 420 g/mol. The second-order valence-electron chi connectivity index (χ2n) is 10.3. The van der Waals surface area contributed by atoms with Crippen molar-refractivity contribution < 1.29 is 29.3 Å². The van der Waals surface area contributed by atoms with Crippen LogP contribution in [0.15, 0.2) is 24.3 Å². The molecule has 33 heavy (non-hydrogen) atoms. The van der Waals surface area contributed by atoms with Crippen LogP contribution in [0.2, 0.25) is 0 Å². The summed E-state index contributed by atoms with van der Waals surface area (Å²) in [6, 6.07) is 0. The van der Waals surface area contributed by atoms with Crippen molar-refractivity contribution in [2.24, 2.45) is 17.8 Å². The van der Waals surface area contributed by atoms with Gasteiger partial charge < -0.3 is 19.7 Å². The van der Waals surface area contributed by atoms with Crippen LogP contribution in [0, 0.1) is 17.8 Å². The van der Waals surface area contributed by atoms with Gasteiger partial charge in [-0.3, -0.25) is 0 Å². The fourth-order valence-electron chi connectivity index (χ4n) is 4.17. The predicted octanol–water partition coefficient (Wildman–Crippen LogP) is 5.12. The van der Waals surface area contributed by atoms with Crippen molar-refractivity contribution >= 4 is 11.9 Å². The third-order valence-corrected chi connectivity index (χ3v) is 6.82. The highest BCUT2D eigenvalue weighted by Crippen LogP contribution is 2.35. The highest BCUT2D eigenvalue weighted by Gasteiger charge is 2.27. The van der Waals surface area contributed by atoms with Crippen molar-refractivity contribution in [3.8, 4) is 0 Å². The SMILES string of the molecule is C=C(C(=O)OCC(CCC1CCC(CCCCC)CC1)COC(=O)C(=C)C(C)(C)O)C(C)O. The van der Waals surface area contributed by atoms with Crippen LogP contribution >= 0.6 is 0 Å². The van der Waals surface area contributed by atoms with Gasteiger partial charge in [0.2, 0.25) is 0 Å². The quantitative estimate of drug-likeness (QED) is 0.198. The Morgan fingerprint density at radius 1 is 0.970 bits per heavy atom. The molecule has 1 rings (SSSR count). The first-order valence-corrected chi connectivity index (χ1v) is 12.6. The lowest BCUT2D eigenvalue weighted by Gasteiger charge is -2.29. The molecule has 190 valence electrons. The number of esters is 2. The highest BCUT2D eigenvalue weighted by atomic mass is 16.5. The monoisotopic (exact) mass is 466 g/mol. The molecule has 0 saturated heterocycles. The summed E-state index contributed by atoms with van der Waals surface area (Å²) < 4.78 is 10.7. The average Bonchev–Trinajstić information content (AvgIpc) is 2.77. The summed E-state index contributed by atoms with van der Waals surface area (Å²) in [5.41, 5.74) is -1.37. The molecule has 2 N–H and O–H groups in total. The lowest BCUT2D eigenvalue weighted by Crippen LogP contribution is -2.30. The predicted molar refractivity (Wildman–Crippen MR) is 130 cm³/mol. The van der Waals surface area contributed by atoms with Crippen LogP contribution in [0.3, 0.4) is 0 Å². The maximum atomic E-state index is 12.2. The van der Waals surface area contributed by atoms with Crippen LogP contribution in [-0.4, -0.2) is 47.1 Å². The summed E-state index contributed by atoms with van der Waals surface area (Å²) in [4.78, 5) is 24.3. The second-order valence-corrected chi connectivity index (χ2v) is 10.3. The Morgan fingerprint density at radius 2 is 1.48 bits per heavy atom. The zero-order valence-corrected chi connectivity index (χ0v) is 21.2. The smallest absolute Gasteiger partial charge is 0.336 e. The van der Waals surface area contributed by atoms with Crippen molar-refractivity contribution in [2.75, 3.05) is 13.2 Å². The van der Waals surface area contributed by atoms with E-state index in [-0.39, 0.29) is 30.3 Å². The molecule has 0 aliphatic heterocycles. The van der Waals surface area contributed by atoms with Gasteiger partial charge in [0, 0.05) is 5.92 Å². The van der Waals surface area contributed by atoms with E-state index < -0.39 is 23.6 Å². The van der Waals surface area contributed by atoms with Gasteiger partial charge in [0.15, 0.2) is 0 Å². The van der Waals surface area contributed by atoms with Crippen LogP contribution in [0.5, 0.6) is 0 Å². The molecule has 0 bridgehead atoms. The molecular formula is C27H46O6. The van der Waals surface area contributed by atoms with Crippen molar-refractivity contribution in [2.45, 2.75) is 104 Å². The average molecular weight is 467 g/mol. The summed E-state index contributed by atoms with van der Waals surface area (Å²) in [6.07, 6.45) is 11.0. The second kappa shape index (κ2) is 14.6. The van der Waals surface area contributed by atoms with E-state index in [4.69, 9.17) is 9.47 Å². The van der Waals surface area contributed by atoms with Crippen LogP contribution in [0.25, 0.3) is 0 Å². The van der Waals surface area contributed by atoms with Crippen LogP contribution in [0.1, 0.15) is 91.9 Å². The topological polar surface area (TPSA) is 93.1 Å². The molecule has 1 saturated carbocycles. The number of hydrogen-bond donors (Lipinski definition) is 2. The zero-order valence-electron chi connectivity index (χ0n) is 21.2. The molecule has 2 unspecified atom stereocenters. The van der Waals surface area contributed by atoms with E-state index in [0.29, 0.717) is 5.92 Å². The fourth-order valence-corrected chi connectivity index (χ4v) is 4.17. The van der Waals surface area contributed by atoms with Gasteiger partial charge >= 0.3 is 11.9 Å². The summed E-state index contributed by atoms with van der Waals surface area (Å²) in [5, 5.41) is 19.5. The van der Waals surface area contributed by atoms with Crippen molar-refractivity contribution in [3.63, 3.8) is 0 Å². The van der Waals surface area contributed by atoms with E-state index >= 15 is 0 Å². The summed E-state index contributed by atoms with van der Waals surface area (Å²) in [5.74, 6) is 0.0242. The summed E-state index contributed by atoms with van der Waals surface area (Å²) in [6.45, 7) is 14.0. The Morgan fingerprint density at radius 3 is 1.97 bits per heavy atom. The first kappa shape index (κ1) is 29.4. The molecule has 0 aromatic carbocycles. The molecule has 1 aliphatic carbocycles. The maximum Gasteiger partial charge on any atom is 0.336 e. The first-order chi connectivity index (χ1) is 15.5. The first-order valence-electron chi connectivity index (χ1n) is 12.6. The molecule has 2 atom stereocenters. The minimum Gasteiger partial charge on any atom is -0.462 e. The Hall–Kier alpha value is -1.66. The standard InChI is InChI=1S/C27H46O6/c1-7-8-9-10-22-11-13-23(14-12-22)15-16-24(17-32-25(29)19(2)21(4)28)18-33-26(30)20(3)27(5,6)31/h21-24,28,31H,2-3,7-18H2,1,4-6H3. The van der Waals surface area contributed by atoms with Crippen molar-refractivity contribution in [1.29, 1.82) is 0 Å². The molecule has 1 aliphatic rings. The van der Waals surface area contributed by atoms with E-state index in [1.54, 1.807) is 0 Å². The number of rotatable bonds is 15. The van der Waals surface area contributed by atoms with Gasteiger partial charge in [0.05, 0.1) is 36.1 Å². The van der Waals surface area contributed by atoms with Gasteiger partial charge in [-0.15, -0.1) is 0 Å². The fraction of sp³-hybridized carbons (Fsp3) is 0.778. The number of carbonyl (C=O) groups excluding carboxylic acids is 2. The molecule has 0 aromatic rings. The number of hydrogen-bond acceptors (Lipinski definition) is 6. The number of carbonyl (C=O) groups is 2. The molecule has 0 amide bonds.